The van der Waals surface area contributed by atoms with Crippen LogP contribution in [-0.4, -0.2) is 15.9 Å². The standard InChI is InChI=1S/C11H7BrClN3O2/c12-8-4-7(5-15-10(8)13)16-11(18)6-1-2-14-9(17)3-6/h1-5H,(H,14,17)(H,16,18). The van der Waals surface area contributed by atoms with Crippen LogP contribution >= 0.6 is 27.5 Å². The van der Waals surface area contributed by atoms with Gasteiger partial charge in [0.25, 0.3) is 5.91 Å². The molecule has 5 nitrogen and oxygen atoms in total. The summed E-state index contributed by atoms with van der Waals surface area (Å²) in [7, 11) is 0. The Hall–Kier alpha value is -1.66. The van der Waals surface area contributed by atoms with Gasteiger partial charge in [-0.2, -0.15) is 0 Å². The molecule has 2 N–H and O–H groups in total. The van der Waals surface area contributed by atoms with Gasteiger partial charge in [0.2, 0.25) is 5.56 Å². The molecule has 0 saturated heterocycles. The quantitative estimate of drug-likeness (QED) is 0.832. The maximum atomic E-state index is 11.8. The highest BCUT2D eigenvalue weighted by atomic mass is 79.9. The van der Waals surface area contributed by atoms with Crippen molar-refractivity contribution in [3.05, 3.63) is 56.1 Å². The molecule has 2 heterocycles. The molecule has 2 aromatic heterocycles. The molecule has 0 unspecified atom stereocenters. The molecule has 0 fully saturated rings. The van der Waals surface area contributed by atoms with Crippen LogP contribution in [0.1, 0.15) is 10.4 Å². The molecular formula is C11H7BrClN3O2. The van der Waals surface area contributed by atoms with Crippen LogP contribution < -0.4 is 10.9 Å². The third-order valence-electron chi connectivity index (χ3n) is 2.09. The second-order valence-corrected chi connectivity index (χ2v) is 4.60. The minimum Gasteiger partial charge on any atom is -0.329 e. The lowest BCUT2D eigenvalue weighted by molar-refractivity contribution is 0.102. The van der Waals surface area contributed by atoms with Crippen LogP contribution in [0.4, 0.5) is 5.69 Å². The maximum Gasteiger partial charge on any atom is 0.255 e. The van der Waals surface area contributed by atoms with Gasteiger partial charge in [0, 0.05) is 17.8 Å². The average molecular weight is 329 g/mol. The van der Waals surface area contributed by atoms with Gasteiger partial charge in [-0.1, -0.05) is 11.6 Å². The number of rotatable bonds is 2. The molecule has 0 aliphatic carbocycles. The van der Waals surface area contributed by atoms with Crippen molar-refractivity contribution in [2.75, 3.05) is 5.32 Å². The zero-order valence-corrected chi connectivity index (χ0v) is 11.2. The number of amides is 1. The Bertz CT molecular complexity index is 657. The number of halogens is 2. The highest BCUT2D eigenvalue weighted by Crippen LogP contribution is 2.23. The Morgan fingerprint density at radius 2 is 2.22 bits per heavy atom. The van der Waals surface area contributed by atoms with Crippen molar-refractivity contribution >= 4 is 39.1 Å². The Balaban J connectivity index is 2.21. The first-order chi connectivity index (χ1) is 8.56. The summed E-state index contributed by atoms with van der Waals surface area (Å²) in [6.07, 6.45) is 2.84. The predicted octanol–water partition coefficient (Wildman–Crippen LogP) is 2.44. The van der Waals surface area contributed by atoms with E-state index in [0.717, 1.165) is 0 Å². The minimum atomic E-state index is -0.392. The first-order valence-corrected chi connectivity index (χ1v) is 6.04. The summed E-state index contributed by atoms with van der Waals surface area (Å²) in [5, 5.41) is 2.92. The van der Waals surface area contributed by atoms with E-state index in [1.807, 2.05) is 0 Å². The van der Waals surface area contributed by atoms with Crippen molar-refractivity contribution in [2.24, 2.45) is 0 Å². The largest absolute Gasteiger partial charge is 0.329 e. The Morgan fingerprint density at radius 1 is 1.44 bits per heavy atom. The lowest BCUT2D eigenvalue weighted by atomic mass is 10.2. The Morgan fingerprint density at radius 3 is 2.89 bits per heavy atom. The highest BCUT2D eigenvalue weighted by molar-refractivity contribution is 9.10. The molecule has 0 aliphatic rings. The van der Waals surface area contributed by atoms with Crippen molar-refractivity contribution in [1.82, 2.24) is 9.97 Å². The zero-order chi connectivity index (χ0) is 13.1. The molecule has 0 aromatic carbocycles. The van der Waals surface area contributed by atoms with E-state index in [1.54, 1.807) is 6.07 Å². The molecule has 1 amide bonds. The summed E-state index contributed by atoms with van der Waals surface area (Å²) in [5.74, 6) is -0.392. The molecule has 7 heteroatoms. The van der Waals surface area contributed by atoms with E-state index < -0.39 is 5.91 Å². The van der Waals surface area contributed by atoms with Gasteiger partial charge in [0.15, 0.2) is 0 Å². The highest BCUT2D eigenvalue weighted by Gasteiger charge is 2.08. The van der Waals surface area contributed by atoms with E-state index in [9.17, 15) is 9.59 Å². The molecule has 0 bridgehead atoms. The number of H-pyrrole nitrogens is 1. The summed E-state index contributed by atoms with van der Waals surface area (Å²) < 4.78 is 0.577. The second-order valence-electron chi connectivity index (χ2n) is 3.39. The van der Waals surface area contributed by atoms with Crippen molar-refractivity contribution in [2.45, 2.75) is 0 Å². The number of carbonyl (C=O) groups is 1. The number of hydrogen-bond acceptors (Lipinski definition) is 3. The van der Waals surface area contributed by atoms with Crippen LogP contribution in [0, 0.1) is 0 Å². The van der Waals surface area contributed by atoms with Gasteiger partial charge in [-0.3, -0.25) is 9.59 Å². The topological polar surface area (TPSA) is 74.8 Å². The van der Waals surface area contributed by atoms with Gasteiger partial charge in [-0.25, -0.2) is 4.98 Å². The van der Waals surface area contributed by atoms with Gasteiger partial charge in [0.1, 0.15) is 5.15 Å². The molecule has 0 saturated carbocycles. The van der Waals surface area contributed by atoms with E-state index in [4.69, 9.17) is 11.6 Å². The molecule has 2 rings (SSSR count). The van der Waals surface area contributed by atoms with Crippen molar-refractivity contribution < 1.29 is 4.79 Å². The summed E-state index contributed by atoms with van der Waals surface area (Å²) in [4.78, 5) is 29.2. The van der Waals surface area contributed by atoms with Gasteiger partial charge in [-0.15, -0.1) is 0 Å². The molecule has 2 aromatic rings. The number of nitrogens with zero attached hydrogens (tertiary/aromatic N) is 1. The van der Waals surface area contributed by atoms with E-state index >= 15 is 0 Å². The van der Waals surface area contributed by atoms with E-state index in [2.05, 4.69) is 31.2 Å². The number of anilines is 1. The fourth-order valence-corrected chi connectivity index (χ4v) is 1.73. The Kier molecular flexibility index (Phi) is 3.78. The van der Waals surface area contributed by atoms with Crippen LogP contribution in [0.25, 0.3) is 0 Å². The Labute approximate surface area is 115 Å². The summed E-state index contributed by atoms with van der Waals surface area (Å²) in [6.45, 7) is 0. The van der Waals surface area contributed by atoms with Crippen LogP contribution in [0.2, 0.25) is 5.15 Å². The minimum absolute atomic E-state index is 0.268. The molecule has 92 valence electrons. The molecule has 0 atom stereocenters. The monoisotopic (exact) mass is 327 g/mol. The lowest BCUT2D eigenvalue weighted by Gasteiger charge is -2.05. The van der Waals surface area contributed by atoms with Crippen LogP contribution in [0.5, 0.6) is 0 Å². The van der Waals surface area contributed by atoms with Crippen molar-refractivity contribution in [3.63, 3.8) is 0 Å². The van der Waals surface area contributed by atoms with E-state index in [1.165, 1.54) is 24.5 Å². The van der Waals surface area contributed by atoms with Gasteiger partial charge in [-0.05, 0) is 28.1 Å². The fourth-order valence-electron chi connectivity index (χ4n) is 1.28. The fraction of sp³-hybridized carbons (Fsp3) is 0. The maximum absolute atomic E-state index is 11.8. The zero-order valence-electron chi connectivity index (χ0n) is 8.91. The molecule has 0 radical (unpaired) electrons. The van der Waals surface area contributed by atoms with E-state index in [-0.39, 0.29) is 11.1 Å². The molecule has 18 heavy (non-hydrogen) atoms. The average Bonchev–Trinajstić information content (AvgIpc) is 2.34. The third-order valence-corrected chi connectivity index (χ3v) is 3.23. The van der Waals surface area contributed by atoms with Gasteiger partial charge >= 0.3 is 0 Å². The summed E-state index contributed by atoms with van der Waals surface area (Å²) in [6, 6.07) is 4.35. The number of aromatic nitrogens is 2. The molecular weight excluding hydrogens is 321 g/mol. The normalized spacial score (nSPS) is 10.1. The van der Waals surface area contributed by atoms with Crippen LogP contribution in [0.3, 0.4) is 0 Å². The predicted molar refractivity (Wildman–Crippen MR) is 72.0 cm³/mol. The lowest BCUT2D eigenvalue weighted by Crippen LogP contribution is -2.15. The SMILES string of the molecule is O=C(Nc1cnc(Cl)c(Br)c1)c1cc[nH]c(=O)c1. The number of hydrogen-bond donors (Lipinski definition) is 2. The van der Waals surface area contributed by atoms with Gasteiger partial charge < -0.3 is 10.3 Å². The van der Waals surface area contributed by atoms with Crippen LogP contribution in [-0.2, 0) is 0 Å². The first-order valence-electron chi connectivity index (χ1n) is 4.87. The van der Waals surface area contributed by atoms with Gasteiger partial charge in [0.05, 0.1) is 16.4 Å². The van der Waals surface area contributed by atoms with E-state index in [0.29, 0.717) is 15.3 Å². The summed E-state index contributed by atoms with van der Waals surface area (Å²) >= 11 is 8.94. The molecule has 0 spiro atoms. The first kappa shape index (κ1) is 12.8. The second kappa shape index (κ2) is 5.32. The number of pyridine rings is 2. The third kappa shape index (κ3) is 2.96. The molecule has 0 aliphatic heterocycles. The van der Waals surface area contributed by atoms with Crippen molar-refractivity contribution in [3.8, 4) is 0 Å². The number of carbonyl (C=O) groups excluding carboxylic acids is 1. The number of nitrogens with one attached hydrogen (secondary N) is 2. The number of aromatic amines is 1. The smallest absolute Gasteiger partial charge is 0.255 e. The van der Waals surface area contributed by atoms with Crippen molar-refractivity contribution in [1.29, 1.82) is 0 Å². The summed E-state index contributed by atoms with van der Waals surface area (Å²) in [5.41, 5.74) is 0.416. The van der Waals surface area contributed by atoms with Crippen LogP contribution in [0.15, 0.2) is 39.9 Å².